The lowest BCUT2D eigenvalue weighted by atomic mass is 10.1. The molecule has 1 aromatic rings. The quantitative estimate of drug-likeness (QED) is 0.636. The number of halogens is 2. The summed E-state index contributed by atoms with van der Waals surface area (Å²) in [5.41, 5.74) is 5.09. The number of nitrogens with zero attached hydrogens (tertiary/aromatic N) is 1. The SMILES string of the molecule is N#CC(=Cc1cc(Br)cc(Br)c1O)C(N)=O. The second-order valence-corrected chi connectivity index (χ2v) is 4.63. The third kappa shape index (κ3) is 2.84. The van der Waals surface area contributed by atoms with Crippen molar-refractivity contribution < 1.29 is 9.90 Å². The zero-order valence-corrected chi connectivity index (χ0v) is 11.0. The zero-order valence-electron chi connectivity index (χ0n) is 7.87. The van der Waals surface area contributed by atoms with Crippen LogP contribution in [-0.4, -0.2) is 11.0 Å². The van der Waals surface area contributed by atoms with Crippen LogP contribution in [0.5, 0.6) is 5.75 Å². The van der Waals surface area contributed by atoms with Crippen LogP contribution in [0.1, 0.15) is 5.56 Å². The molecule has 0 aliphatic carbocycles. The van der Waals surface area contributed by atoms with Gasteiger partial charge in [0.15, 0.2) is 0 Å². The monoisotopic (exact) mass is 344 g/mol. The molecular formula is C10H6Br2N2O2. The highest BCUT2D eigenvalue weighted by Crippen LogP contribution is 2.32. The Morgan fingerprint density at radius 2 is 2.12 bits per heavy atom. The van der Waals surface area contributed by atoms with E-state index >= 15 is 0 Å². The molecule has 0 spiro atoms. The van der Waals surface area contributed by atoms with E-state index in [2.05, 4.69) is 31.9 Å². The van der Waals surface area contributed by atoms with Gasteiger partial charge in [0.2, 0.25) is 0 Å². The lowest BCUT2D eigenvalue weighted by Crippen LogP contribution is -2.12. The van der Waals surface area contributed by atoms with Gasteiger partial charge in [0.05, 0.1) is 4.47 Å². The molecule has 82 valence electrons. The molecule has 0 aliphatic rings. The van der Waals surface area contributed by atoms with Crippen LogP contribution in [0.4, 0.5) is 0 Å². The third-order valence-corrected chi connectivity index (χ3v) is 2.81. The van der Waals surface area contributed by atoms with E-state index in [1.54, 1.807) is 18.2 Å². The molecule has 4 nitrogen and oxygen atoms in total. The summed E-state index contributed by atoms with van der Waals surface area (Å²) in [5, 5.41) is 18.3. The predicted molar refractivity (Wildman–Crippen MR) is 66.3 cm³/mol. The number of carbonyl (C=O) groups is 1. The van der Waals surface area contributed by atoms with Crippen molar-refractivity contribution in [2.45, 2.75) is 0 Å². The molecule has 0 aliphatic heterocycles. The van der Waals surface area contributed by atoms with Gasteiger partial charge in [-0.2, -0.15) is 5.26 Å². The van der Waals surface area contributed by atoms with Crippen molar-refractivity contribution in [1.82, 2.24) is 0 Å². The molecule has 0 bridgehead atoms. The number of carbonyl (C=O) groups excluding carboxylic acids is 1. The zero-order chi connectivity index (χ0) is 12.3. The molecule has 0 aromatic heterocycles. The van der Waals surface area contributed by atoms with E-state index in [1.165, 1.54) is 6.08 Å². The molecule has 16 heavy (non-hydrogen) atoms. The number of nitriles is 1. The summed E-state index contributed by atoms with van der Waals surface area (Å²) in [7, 11) is 0. The van der Waals surface area contributed by atoms with E-state index in [9.17, 15) is 9.90 Å². The summed E-state index contributed by atoms with van der Waals surface area (Å²) in [6.07, 6.45) is 1.23. The minimum absolute atomic E-state index is 0.0581. The number of benzene rings is 1. The molecule has 1 amide bonds. The normalized spacial score (nSPS) is 10.9. The first kappa shape index (κ1) is 12.7. The highest BCUT2D eigenvalue weighted by molar-refractivity contribution is 9.11. The molecular weight excluding hydrogens is 340 g/mol. The van der Waals surface area contributed by atoms with E-state index in [1.807, 2.05) is 0 Å². The maximum atomic E-state index is 10.8. The van der Waals surface area contributed by atoms with Crippen LogP contribution in [0.3, 0.4) is 0 Å². The van der Waals surface area contributed by atoms with E-state index in [0.717, 1.165) is 0 Å². The molecule has 1 aromatic carbocycles. The molecule has 0 saturated heterocycles. The molecule has 6 heteroatoms. The van der Waals surface area contributed by atoms with Gasteiger partial charge in [-0.25, -0.2) is 0 Å². The standard InChI is InChI=1S/C10H6Br2N2O2/c11-7-2-5(9(15)8(12)3-7)1-6(4-13)10(14)16/h1-3,15H,(H2,14,16). The summed E-state index contributed by atoms with van der Waals surface area (Å²) >= 11 is 6.36. The minimum atomic E-state index is -0.835. The van der Waals surface area contributed by atoms with Crippen LogP contribution in [0, 0.1) is 11.3 Å². The average Bonchev–Trinajstić information content (AvgIpc) is 2.20. The van der Waals surface area contributed by atoms with Crippen LogP contribution >= 0.6 is 31.9 Å². The Hall–Kier alpha value is -1.32. The van der Waals surface area contributed by atoms with Crippen molar-refractivity contribution in [3.05, 3.63) is 32.2 Å². The Kier molecular flexibility index (Phi) is 4.10. The van der Waals surface area contributed by atoms with Gasteiger partial charge in [-0.3, -0.25) is 4.79 Å². The second kappa shape index (κ2) is 5.14. The smallest absolute Gasteiger partial charge is 0.259 e. The van der Waals surface area contributed by atoms with Crippen LogP contribution in [-0.2, 0) is 4.79 Å². The number of amides is 1. The van der Waals surface area contributed by atoms with Gasteiger partial charge < -0.3 is 10.8 Å². The van der Waals surface area contributed by atoms with Crippen molar-refractivity contribution in [3.8, 4) is 11.8 Å². The first-order valence-corrected chi connectivity index (χ1v) is 5.64. The summed E-state index contributed by atoms with van der Waals surface area (Å²) in [6.45, 7) is 0. The summed E-state index contributed by atoms with van der Waals surface area (Å²) in [6, 6.07) is 4.87. The highest BCUT2D eigenvalue weighted by atomic mass is 79.9. The minimum Gasteiger partial charge on any atom is -0.506 e. The fourth-order valence-electron chi connectivity index (χ4n) is 1.01. The Morgan fingerprint density at radius 1 is 1.50 bits per heavy atom. The number of nitrogens with two attached hydrogens (primary N) is 1. The Labute approximate surface area is 109 Å². The first-order chi connectivity index (χ1) is 7.45. The number of phenols is 1. The van der Waals surface area contributed by atoms with Crippen molar-refractivity contribution in [2.75, 3.05) is 0 Å². The van der Waals surface area contributed by atoms with E-state index in [4.69, 9.17) is 11.0 Å². The molecule has 0 fully saturated rings. The fraction of sp³-hybridized carbons (Fsp3) is 0. The number of aromatic hydroxyl groups is 1. The predicted octanol–water partition coefficient (Wildman–Crippen LogP) is 2.31. The van der Waals surface area contributed by atoms with Crippen LogP contribution in [0.15, 0.2) is 26.7 Å². The van der Waals surface area contributed by atoms with Gasteiger partial charge in [-0.1, -0.05) is 15.9 Å². The van der Waals surface area contributed by atoms with E-state index in [-0.39, 0.29) is 11.3 Å². The summed E-state index contributed by atoms with van der Waals surface area (Å²) in [4.78, 5) is 10.8. The van der Waals surface area contributed by atoms with Crippen molar-refractivity contribution >= 4 is 43.8 Å². The maximum Gasteiger partial charge on any atom is 0.259 e. The Bertz CT molecular complexity index is 518. The number of rotatable bonds is 2. The number of hydrogen-bond donors (Lipinski definition) is 2. The molecule has 3 N–H and O–H groups in total. The van der Waals surface area contributed by atoms with Crippen molar-refractivity contribution in [1.29, 1.82) is 5.26 Å². The van der Waals surface area contributed by atoms with Gasteiger partial charge >= 0.3 is 0 Å². The summed E-state index contributed by atoms with van der Waals surface area (Å²) in [5.74, 6) is -0.893. The van der Waals surface area contributed by atoms with Gasteiger partial charge in [0.25, 0.3) is 5.91 Å². The largest absolute Gasteiger partial charge is 0.506 e. The molecule has 0 saturated carbocycles. The Morgan fingerprint density at radius 3 is 2.62 bits per heavy atom. The first-order valence-electron chi connectivity index (χ1n) is 4.05. The average molecular weight is 346 g/mol. The van der Waals surface area contributed by atoms with Crippen LogP contribution < -0.4 is 5.73 Å². The van der Waals surface area contributed by atoms with Gasteiger partial charge in [-0.05, 0) is 34.1 Å². The second-order valence-electron chi connectivity index (χ2n) is 2.86. The topological polar surface area (TPSA) is 87.1 Å². The molecule has 1 rings (SSSR count). The van der Waals surface area contributed by atoms with Gasteiger partial charge in [-0.15, -0.1) is 0 Å². The summed E-state index contributed by atoms with van der Waals surface area (Å²) < 4.78 is 1.15. The lowest BCUT2D eigenvalue weighted by molar-refractivity contribution is -0.114. The van der Waals surface area contributed by atoms with E-state index < -0.39 is 5.91 Å². The fourth-order valence-corrected chi connectivity index (χ4v) is 2.27. The lowest BCUT2D eigenvalue weighted by Gasteiger charge is -2.03. The maximum absolute atomic E-state index is 10.8. The number of primary amides is 1. The van der Waals surface area contributed by atoms with Crippen LogP contribution in [0.2, 0.25) is 0 Å². The Balaban J connectivity index is 3.35. The van der Waals surface area contributed by atoms with E-state index in [0.29, 0.717) is 14.5 Å². The molecule has 0 heterocycles. The number of phenolic OH excluding ortho intramolecular Hbond substituents is 1. The molecule has 0 unspecified atom stereocenters. The number of hydrogen-bond acceptors (Lipinski definition) is 3. The third-order valence-electron chi connectivity index (χ3n) is 1.74. The van der Waals surface area contributed by atoms with Crippen molar-refractivity contribution in [3.63, 3.8) is 0 Å². The molecule has 0 radical (unpaired) electrons. The van der Waals surface area contributed by atoms with Crippen LogP contribution in [0.25, 0.3) is 6.08 Å². The van der Waals surface area contributed by atoms with Gasteiger partial charge in [0.1, 0.15) is 17.4 Å². The van der Waals surface area contributed by atoms with Gasteiger partial charge in [0, 0.05) is 10.0 Å². The highest BCUT2D eigenvalue weighted by Gasteiger charge is 2.09. The van der Waals surface area contributed by atoms with Crippen molar-refractivity contribution in [2.24, 2.45) is 5.73 Å². The molecule has 0 atom stereocenters.